The second-order valence-electron chi connectivity index (χ2n) is 3.67. The molecule has 0 saturated carbocycles. The Morgan fingerprint density at radius 2 is 2.16 bits per heavy atom. The van der Waals surface area contributed by atoms with Crippen molar-refractivity contribution in [2.24, 2.45) is 0 Å². The van der Waals surface area contributed by atoms with Crippen LogP contribution in [0.25, 0.3) is 0 Å². The van der Waals surface area contributed by atoms with Crippen molar-refractivity contribution in [3.8, 4) is 5.88 Å². The summed E-state index contributed by atoms with van der Waals surface area (Å²) in [5.41, 5.74) is 0.825. The van der Waals surface area contributed by atoms with E-state index in [1.54, 1.807) is 19.4 Å². The molecule has 0 amide bonds. The average Bonchev–Trinajstić information content (AvgIpc) is 2.41. The van der Waals surface area contributed by atoms with E-state index in [2.05, 4.69) is 30.9 Å². The number of rotatable bonds is 4. The molecule has 0 bridgehead atoms. The Balaban J connectivity index is 2.22. The highest BCUT2D eigenvalue weighted by molar-refractivity contribution is 9.10. The Kier molecular flexibility index (Phi) is 4.06. The number of halogens is 1. The van der Waals surface area contributed by atoms with Crippen LogP contribution in [0, 0.1) is 0 Å². The summed E-state index contributed by atoms with van der Waals surface area (Å²) in [6.07, 6.45) is 3.48. The second-order valence-corrected chi connectivity index (χ2v) is 4.53. The average molecular weight is 324 g/mol. The van der Waals surface area contributed by atoms with E-state index >= 15 is 0 Å². The molecule has 0 aliphatic carbocycles. The van der Waals surface area contributed by atoms with Gasteiger partial charge in [-0.2, -0.15) is 0 Å². The smallest absolute Gasteiger partial charge is 0.355 e. The highest BCUT2D eigenvalue weighted by atomic mass is 79.9. The zero-order chi connectivity index (χ0) is 13.8. The number of methoxy groups -OCH3 is 1. The van der Waals surface area contributed by atoms with Gasteiger partial charge >= 0.3 is 5.97 Å². The molecular weight excluding hydrogens is 314 g/mol. The number of hydrogen-bond acceptors (Lipinski definition) is 5. The predicted octanol–water partition coefficient (Wildman–Crippen LogP) is 1.93. The lowest BCUT2D eigenvalue weighted by atomic mass is 10.2. The summed E-state index contributed by atoms with van der Waals surface area (Å²) in [7, 11) is 1.54. The number of carboxylic acids is 1. The normalized spacial score (nSPS) is 10.2. The van der Waals surface area contributed by atoms with Gasteiger partial charge in [-0.15, -0.1) is 0 Å². The predicted molar refractivity (Wildman–Crippen MR) is 70.3 cm³/mol. The maximum Gasteiger partial charge on any atom is 0.355 e. The third-order valence-electron chi connectivity index (χ3n) is 2.37. The van der Waals surface area contributed by atoms with Crippen LogP contribution in [0.2, 0.25) is 0 Å². The second kappa shape index (κ2) is 5.75. The molecule has 0 aliphatic heterocycles. The van der Waals surface area contributed by atoms with Gasteiger partial charge in [0.1, 0.15) is 5.82 Å². The molecule has 0 aliphatic rings. The Morgan fingerprint density at radius 3 is 2.74 bits per heavy atom. The van der Waals surface area contributed by atoms with Gasteiger partial charge in [-0.3, -0.25) is 0 Å². The van der Waals surface area contributed by atoms with Crippen LogP contribution in [0.15, 0.2) is 29.0 Å². The monoisotopic (exact) mass is 323 g/mol. The minimum atomic E-state index is -1.09. The molecule has 2 aromatic rings. The summed E-state index contributed by atoms with van der Waals surface area (Å²) < 4.78 is 5.32. The first-order valence-electron chi connectivity index (χ1n) is 5.34. The Hall–Kier alpha value is -2.02. The van der Waals surface area contributed by atoms with E-state index in [4.69, 9.17) is 9.84 Å². The van der Waals surface area contributed by atoms with Crippen molar-refractivity contribution in [1.82, 2.24) is 15.0 Å². The summed E-state index contributed by atoms with van der Waals surface area (Å²) in [5, 5.41) is 8.98. The molecule has 0 fully saturated rings. The lowest BCUT2D eigenvalue weighted by Crippen LogP contribution is -2.07. The number of carbonyl (C=O) groups is 1. The SMILES string of the molecule is COc1ccc(Cc2ncc(Br)c(C(=O)O)n2)cn1. The molecular formula is C12H10BrN3O3. The summed E-state index contributed by atoms with van der Waals surface area (Å²) in [6.45, 7) is 0. The van der Waals surface area contributed by atoms with Crippen LogP contribution in [0.1, 0.15) is 21.9 Å². The van der Waals surface area contributed by atoms with E-state index in [-0.39, 0.29) is 5.69 Å². The zero-order valence-electron chi connectivity index (χ0n) is 10.00. The van der Waals surface area contributed by atoms with Gasteiger partial charge in [-0.05, 0) is 21.5 Å². The first kappa shape index (κ1) is 13.4. The van der Waals surface area contributed by atoms with Gasteiger partial charge in [-0.1, -0.05) is 6.07 Å². The van der Waals surface area contributed by atoms with E-state index < -0.39 is 5.97 Å². The van der Waals surface area contributed by atoms with Crippen molar-refractivity contribution in [3.63, 3.8) is 0 Å². The van der Waals surface area contributed by atoms with Crippen molar-refractivity contribution in [3.05, 3.63) is 46.1 Å². The maximum atomic E-state index is 11.0. The van der Waals surface area contributed by atoms with Crippen LogP contribution in [0.4, 0.5) is 0 Å². The molecule has 2 aromatic heterocycles. The molecule has 2 heterocycles. The molecule has 0 spiro atoms. The van der Waals surface area contributed by atoms with E-state index in [1.165, 1.54) is 6.20 Å². The fraction of sp³-hybridized carbons (Fsp3) is 0.167. The molecule has 2 rings (SSSR count). The van der Waals surface area contributed by atoms with E-state index in [0.29, 0.717) is 22.6 Å². The highest BCUT2D eigenvalue weighted by Crippen LogP contribution is 2.15. The van der Waals surface area contributed by atoms with Crippen LogP contribution >= 0.6 is 15.9 Å². The molecule has 6 nitrogen and oxygen atoms in total. The summed E-state index contributed by atoms with van der Waals surface area (Å²) in [6, 6.07) is 3.56. The van der Waals surface area contributed by atoms with Gasteiger partial charge in [-0.25, -0.2) is 19.7 Å². The van der Waals surface area contributed by atoms with Gasteiger partial charge in [0.05, 0.1) is 11.6 Å². The number of ether oxygens (including phenoxy) is 1. The summed E-state index contributed by atoms with van der Waals surface area (Å²) in [5.74, 6) is -0.150. The van der Waals surface area contributed by atoms with Gasteiger partial charge < -0.3 is 9.84 Å². The first-order valence-corrected chi connectivity index (χ1v) is 6.13. The Bertz CT molecular complexity index is 602. The number of aromatic nitrogens is 3. The summed E-state index contributed by atoms with van der Waals surface area (Å²) >= 11 is 3.10. The molecule has 0 saturated heterocycles. The lowest BCUT2D eigenvalue weighted by molar-refractivity contribution is 0.0688. The van der Waals surface area contributed by atoms with Crippen molar-refractivity contribution in [1.29, 1.82) is 0 Å². The summed E-state index contributed by atoms with van der Waals surface area (Å²) in [4.78, 5) is 23.1. The molecule has 0 aromatic carbocycles. The molecule has 0 radical (unpaired) electrons. The lowest BCUT2D eigenvalue weighted by Gasteiger charge is -2.04. The van der Waals surface area contributed by atoms with Gasteiger partial charge in [0.15, 0.2) is 5.69 Å². The van der Waals surface area contributed by atoms with E-state index in [0.717, 1.165) is 5.56 Å². The van der Waals surface area contributed by atoms with Crippen molar-refractivity contribution >= 4 is 21.9 Å². The van der Waals surface area contributed by atoms with Crippen LogP contribution in [-0.2, 0) is 6.42 Å². The number of hydrogen-bond donors (Lipinski definition) is 1. The Labute approximate surface area is 117 Å². The van der Waals surface area contributed by atoms with Gasteiger partial charge in [0.2, 0.25) is 5.88 Å². The minimum absolute atomic E-state index is 0.0496. The van der Waals surface area contributed by atoms with E-state index in [9.17, 15) is 4.79 Å². The number of carboxylic acid groups (broad SMARTS) is 1. The fourth-order valence-electron chi connectivity index (χ4n) is 1.46. The minimum Gasteiger partial charge on any atom is -0.481 e. The topological polar surface area (TPSA) is 85.2 Å². The maximum absolute atomic E-state index is 11.0. The zero-order valence-corrected chi connectivity index (χ0v) is 11.6. The number of pyridine rings is 1. The van der Waals surface area contributed by atoms with E-state index in [1.807, 2.05) is 6.07 Å². The van der Waals surface area contributed by atoms with Crippen molar-refractivity contribution < 1.29 is 14.6 Å². The standard InChI is InChI=1S/C12H10BrN3O3/c1-19-10-3-2-7(5-15-10)4-9-14-6-8(13)11(16-9)12(17)18/h2-3,5-6H,4H2,1H3,(H,17,18). The van der Waals surface area contributed by atoms with Crippen molar-refractivity contribution in [2.75, 3.05) is 7.11 Å². The van der Waals surface area contributed by atoms with Crippen LogP contribution < -0.4 is 4.74 Å². The highest BCUT2D eigenvalue weighted by Gasteiger charge is 2.12. The largest absolute Gasteiger partial charge is 0.481 e. The first-order chi connectivity index (χ1) is 9.10. The quantitative estimate of drug-likeness (QED) is 0.925. The molecule has 0 unspecified atom stereocenters. The third-order valence-corrected chi connectivity index (χ3v) is 2.95. The number of aromatic carboxylic acids is 1. The molecule has 19 heavy (non-hydrogen) atoms. The van der Waals surface area contributed by atoms with Crippen LogP contribution in [0.3, 0.4) is 0 Å². The molecule has 0 atom stereocenters. The van der Waals surface area contributed by atoms with Gasteiger partial charge in [0, 0.05) is 24.9 Å². The molecule has 1 N–H and O–H groups in total. The number of nitrogens with zero attached hydrogens (tertiary/aromatic N) is 3. The molecule has 7 heteroatoms. The van der Waals surface area contributed by atoms with Gasteiger partial charge in [0.25, 0.3) is 0 Å². The molecule has 98 valence electrons. The fourth-order valence-corrected chi connectivity index (χ4v) is 1.82. The third kappa shape index (κ3) is 3.25. The van der Waals surface area contributed by atoms with Crippen LogP contribution in [0.5, 0.6) is 5.88 Å². The van der Waals surface area contributed by atoms with Crippen molar-refractivity contribution in [2.45, 2.75) is 6.42 Å². The van der Waals surface area contributed by atoms with Crippen LogP contribution in [-0.4, -0.2) is 33.1 Å². The Morgan fingerprint density at radius 1 is 1.37 bits per heavy atom.